The lowest BCUT2D eigenvalue weighted by molar-refractivity contribution is -0.113. The Morgan fingerprint density at radius 1 is 1.12 bits per heavy atom. The third-order valence-electron chi connectivity index (χ3n) is 4.67. The van der Waals surface area contributed by atoms with E-state index in [1.54, 1.807) is 35.9 Å². The Labute approximate surface area is 211 Å². The summed E-state index contributed by atoms with van der Waals surface area (Å²) in [6, 6.07) is 16.2. The molecule has 3 aromatic carbocycles. The number of halogens is 4. The van der Waals surface area contributed by atoms with Crippen LogP contribution in [0.15, 0.2) is 70.3 Å². The minimum Gasteiger partial charge on any atom is -0.497 e. The van der Waals surface area contributed by atoms with Gasteiger partial charge in [-0.25, -0.2) is 8.78 Å². The van der Waals surface area contributed by atoms with Gasteiger partial charge in [0.25, 0.3) is 0 Å². The Bertz CT molecular complexity index is 1310. The number of rotatable bonds is 7. The van der Waals surface area contributed by atoms with E-state index in [1.165, 1.54) is 0 Å². The fraction of sp³-hybridized carbons (Fsp3) is 0.0870. The Hall–Kier alpha value is -2.95. The topological polar surface area (TPSA) is 69.0 Å². The second-order valence-corrected chi connectivity index (χ2v) is 9.16. The number of nitrogens with zero attached hydrogens (tertiary/aromatic N) is 3. The fourth-order valence-electron chi connectivity index (χ4n) is 3.08. The van der Waals surface area contributed by atoms with Crippen molar-refractivity contribution in [3.63, 3.8) is 0 Å². The van der Waals surface area contributed by atoms with Gasteiger partial charge in [-0.15, -0.1) is 10.2 Å². The molecule has 0 bridgehead atoms. The average Bonchev–Trinajstić information content (AvgIpc) is 3.24. The highest BCUT2D eigenvalue weighted by Gasteiger charge is 2.19. The average molecular weight is 566 g/mol. The lowest BCUT2D eigenvalue weighted by Crippen LogP contribution is -2.16. The molecule has 4 rings (SSSR count). The zero-order valence-electron chi connectivity index (χ0n) is 17.6. The van der Waals surface area contributed by atoms with Crippen LogP contribution in [-0.2, 0) is 4.79 Å². The second kappa shape index (κ2) is 10.5. The first-order valence-electron chi connectivity index (χ1n) is 9.78. The molecular formula is C23H16BrClF2N4O2S. The summed E-state index contributed by atoms with van der Waals surface area (Å²) in [4.78, 5) is 12.5. The van der Waals surface area contributed by atoms with Crippen molar-refractivity contribution in [2.45, 2.75) is 5.16 Å². The first-order valence-corrected chi connectivity index (χ1v) is 11.9. The van der Waals surface area contributed by atoms with Crippen LogP contribution >= 0.6 is 39.3 Å². The number of aromatic nitrogens is 3. The third-order valence-corrected chi connectivity index (χ3v) is 6.48. The van der Waals surface area contributed by atoms with Crippen LogP contribution < -0.4 is 10.1 Å². The minimum atomic E-state index is -0.878. The van der Waals surface area contributed by atoms with Gasteiger partial charge in [-0.1, -0.05) is 23.4 Å². The van der Waals surface area contributed by atoms with Gasteiger partial charge in [0.05, 0.1) is 18.6 Å². The van der Waals surface area contributed by atoms with Crippen molar-refractivity contribution in [1.82, 2.24) is 14.8 Å². The van der Waals surface area contributed by atoms with Crippen molar-refractivity contribution in [3.8, 4) is 22.8 Å². The largest absolute Gasteiger partial charge is 0.497 e. The SMILES string of the molecule is COc1ccc(-n2c(SCC(=O)Nc3c(F)cc(F)cc3Br)nnc2-c2ccc(Cl)cc2)cc1. The number of hydrogen-bond donors (Lipinski definition) is 1. The van der Waals surface area contributed by atoms with Crippen molar-refractivity contribution >= 4 is 50.9 Å². The number of thioether (sulfide) groups is 1. The van der Waals surface area contributed by atoms with Crippen LogP contribution in [0.2, 0.25) is 5.02 Å². The highest BCUT2D eigenvalue weighted by Crippen LogP contribution is 2.31. The number of benzene rings is 3. The van der Waals surface area contributed by atoms with Crippen molar-refractivity contribution in [3.05, 3.63) is 81.8 Å². The normalized spacial score (nSPS) is 10.9. The van der Waals surface area contributed by atoms with E-state index in [2.05, 4.69) is 31.4 Å². The van der Waals surface area contributed by atoms with Gasteiger partial charge in [-0.3, -0.25) is 9.36 Å². The molecule has 1 N–H and O–H groups in total. The molecule has 0 saturated carbocycles. The number of hydrogen-bond acceptors (Lipinski definition) is 5. The Morgan fingerprint density at radius 3 is 2.47 bits per heavy atom. The smallest absolute Gasteiger partial charge is 0.234 e. The molecule has 1 aromatic heterocycles. The molecule has 6 nitrogen and oxygen atoms in total. The van der Waals surface area contributed by atoms with E-state index < -0.39 is 17.5 Å². The van der Waals surface area contributed by atoms with E-state index in [-0.39, 0.29) is 15.9 Å². The third kappa shape index (κ3) is 5.40. The minimum absolute atomic E-state index is 0.0852. The Kier molecular flexibility index (Phi) is 7.50. The van der Waals surface area contributed by atoms with Gasteiger partial charge >= 0.3 is 0 Å². The monoisotopic (exact) mass is 564 g/mol. The van der Waals surface area contributed by atoms with Gasteiger partial charge in [0, 0.05) is 26.8 Å². The lowest BCUT2D eigenvalue weighted by atomic mass is 10.2. The van der Waals surface area contributed by atoms with E-state index in [9.17, 15) is 13.6 Å². The number of ether oxygens (including phenoxy) is 1. The molecule has 1 heterocycles. The summed E-state index contributed by atoms with van der Waals surface area (Å²) in [5.74, 6) is -0.968. The first-order chi connectivity index (χ1) is 16.4. The van der Waals surface area contributed by atoms with Crippen LogP contribution in [0.5, 0.6) is 5.75 Å². The molecule has 0 fully saturated rings. The zero-order chi connectivity index (χ0) is 24.2. The summed E-state index contributed by atoms with van der Waals surface area (Å²) >= 11 is 10.2. The summed E-state index contributed by atoms with van der Waals surface area (Å²) in [6.07, 6.45) is 0. The van der Waals surface area contributed by atoms with E-state index >= 15 is 0 Å². The van der Waals surface area contributed by atoms with Crippen LogP contribution in [0.3, 0.4) is 0 Å². The molecule has 0 spiro atoms. The standard InChI is InChI=1S/C23H16BrClF2N4O2S/c1-33-17-8-6-16(7-9-17)31-22(13-2-4-14(25)5-3-13)29-30-23(31)34-12-20(32)28-21-18(24)10-15(26)11-19(21)27/h2-11H,12H2,1H3,(H,28,32). The summed E-state index contributed by atoms with van der Waals surface area (Å²) in [6.45, 7) is 0. The summed E-state index contributed by atoms with van der Waals surface area (Å²) in [5, 5.41) is 12.1. The van der Waals surface area contributed by atoms with Crippen molar-refractivity contribution in [2.24, 2.45) is 0 Å². The molecule has 0 unspecified atom stereocenters. The lowest BCUT2D eigenvalue weighted by Gasteiger charge is -2.12. The summed E-state index contributed by atoms with van der Waals surface area (Å²) in [7, 11) is 1.58. The molecular weight excluding hydrogens is 550 g/mol. The maximum absolute atomic E-state index is 14.1. The van der Waals surface area contributed by atoms with E-state index in [0.717, 1.165) is 29.1 Å². The van der Waals surface area contributed by atoms with E-state index in [0.29, 0.717) is 27.8 Å². The van der Waals surface area contributed by atoms with Gasteiger partial charge in [0.2, 0.25) is 5.91 Å². The molecule has 0 aliphatic carbocycles. The molecule has 0 atom stereocenters. The number of methoxy groups -OCH3 is 1. The first kappa shape index (κ1) is 24.2. The van der Waals surface area contributed by atoms with Crippen LogP contribution in [0.1, 0.15) is 0 Å². The predicted molar refractivity (Wildman–Crippen MR) is 132 cm³/mol. The molecule has 1 amide bonds. The van der Waals surface area contributed by atoms with Crippen LogP contribution in [0, 0.1) is 11.6 Å². The molecule has 4 aromatic rings. The van der Waals surface area contributed by atoms with Gasteiger partial charge in [-0.05, 0) is 70.5 Å². The van der Waals surface area contributed by atoms with Crippen LogP contribution in [0.25, 0.3) is 17.1 Å². The second-order valence-electron chi connectivity index (χ2n) is 6.93. The number of nitrogens with one attached hydrogen (secondary N) is 1. The van der Waals surface area contributed by atoms with Gasteiger partial charge in [0.1, 0.15) is 11.6 Å². The summed E-state index contributed by atoms with van der Waals surface area (Å²) < 4.78 is 34.5. The van der Waals surface area contributed by atoms with Gasteiger partial charge in [0.15, 0.2) is 16.8 Å². The zero-order valence-corrected chi connectivity index (χ0v) is 20.7. The maximum atomic E-state index is 14.1. The molecule has 174 valence electrons. The number of anilines is 1. The van der Waals surface area contributed by atoms with Crippen LogP contribution in [0.4, 0.5) is 14.5 Å². The van der Waals surface area contributed by atoms with Crippen LogP contribution in [-0.4, -0.2) is 33.5 Å². The molecule has 34 heavy (non-hydrogen) atoms. The predicted octanol–water partition coefficient (Wildman–Crippen LogP) is 6.37. The Morgan fingerprint density at radius 2 is 1.82 bits per heavy atom. The van der Waals surface area contributed by atoms with E-state index in [1.807, 2.05) is 24.3 Å². The van der Waals surface area contributed by atoms with Crippen molar-refractivity contribution in [2.75, 3.05) is 18.2 Å². The molecule has 11 heteroatoms. The van der Waals surface area contributed by atoms with Gasteiger partial charge < -0.3 is 10.1 Å². The highest BCUT2D eigenvalue weighted by molar-refractivity contribution is 9.10. The van der Waals surface area contributed by atoms with Crippen molar-refractivity contribution < 1.29 is 18.3 Å². The van der Waals surface area contributed by atoms with Crippen molar-refractivity contribution in [1.29, 1.82) is 0 Å². The number of amides is 1. The van der Waals surface area contributed by atoms with Gasteiger partial charge in [-0.2, -0.15) is 0 Å². The number of carbonyl (C=O) groups excluding carboxylic acids is 1. The molecule has 0 saturated heterocycles. The highest BCUT2D eigenvalue weighted by atomic mass is 79.9. The summed E-state index contributed by atoms with van der Waals surface area (Å²) in [5.41, 5.74) is 1.40. The molecule has 0 radical (unpaired) electrons. The molecule has 0 aliphatic rings. The molecule has 0 aliphatic heterocycles. The quantitative estimate of drug-likeness (QED) is 0.264. The maximum Gasteiger partial charge on any atom is 0.234 e. The van der Waals surface area contributed by atoms with E-state index in [4.69, 9.17) is 16.3 Å². The number of carbonyl (C=O) groups is 1. The fourth-order valence-corrected chi connectivity index (χ4v) is 4.47. The Balaban J connectivity index is 1.61.